The summed E-state index contributed by atoms with van der Waals surface area (Å²) in [5.74, 6) is 8.18. The van der Waals surface area contributed by atoms with Crippen molar-refractivity contribution >= 4 is 0 Å². The van der Waals surface area contributed by atoms with E-state index in [1.54, 1.807) is 25.7 Å². The molecule has 0 aliphatic heterocycles. The van der Waals surface area contributed by atoms with Crippen molar-refractivity contribution in [2.75, 3.05) is 0 Å². The van der Waals surface area contributed by atoms with Gasteiger partial charge >= 0.3 is 0 Å². The van der Waals surface area contributed by atoms with Crippen LogP contribution in [0.3, 0.4) is 0 Å². The zero-order valence-corrected chi connectivity index (χ0v) is 21.9. The first-order chi connectivity index (χ1) is 14.4. The molecule has 6 atom stereocenters. The summed E-state index contributed by atoms with van der Waals surface area (Å²) in [5, 5.41) is 0. The predicted octanol–water partition coefficient (Wildman–Crippen LogP) is 10.3. The largest absolute Gasteiger partial charge is 0.0654 e. The maximum atomic E-state index is 2.53. The van der Waals surface area contributed by atoms with Crippen LogP contribution < -0.4 is 0 Å². The van der Waals surface area contributed by atoms with Crippen LogP contribution in [0.25, 0.3) is 0 Å². The Morgan fingerprint density at radius 3 is 1.97 bits per heavy atom. The fraction of sp³-hybridized carbons (Fsp3) is 1.00. The molecule has 0 nitrogen and oxygen atoms in total. The predicted molar refractivity (Wildman–Crippen MR) is 136 cm³/mol. The molecule has 2 fully saturated rings. The van der Waals surface area contributed by atoms with Gasteiger partial charge < -0.3 is 0 Å². The van der Waals surface area contributed by atoms with E-state index < -0.39 is 0 Å². The summed E-state index contributed by atoms with van der Waals surface area (Å²) in [6.45, 7) is 14.6. The van der Waals surface area contributed by atoms with Gasteiger partial charge in [-0.15, -0.1) is 0 Å². The van der Waals surface area contributed by atoms with Crippen LogP contribution in [0.1, 0.15) is 144 Å². The van der Waals surface area contributed by atoms with Crippen LogP contribution in [-0.2, 0) is 0 Å². The Balaban J connectivity index is 1.82. The van der Waals surface area contributed by atoms with Gasteiger partial charge in [-0.2, -0.15) is 0 Å². The highest BCUT2D eigenvalue weighted by molar-refractivity contribution is 4.94. The molecule has 0 N–H and O–H groups in total. The molecular weight excluding hydrogens is 360 g/mol. The van der Waals surface area contributed by atoms with E-state index in [9.17, 15) is 0 Å². The summed E-state index contributed by atoms with van der Waals surface area (Å²) in [7, 11) is 0. The molecule has 0 heterocycles. The van der Waals surface area contributed by atoms with Crippen LogP contribution in [0.4, 0.5) is 0 Å². The van der Waals surface area contributed by atoms with Crippen LogP contribution in [0, 0.1) is 47.3 Å². The molecule has 2 aliphatic rings. The highest BCUT2D eigenvalue weighted by Gasteiger charge is 2.44. The zero-order valence-electron chi connectivity index (χ0n) is 21.9. The lowest BCUT2D eigenvalue weighted by Gasteiger charge is -2.29. The first-order valence-electron chi connectivity index (χ1n) is 14.4. The smallest absolute Gasteiger partial charge is 0.0352 e. The molecule has 0 saturated heterocycles. The molecule has 0 bridgehead atoms. The lowest BCUT2D eigenvalue weighted by Crippen LogP contribution is -2.19. The Bertz CT molecular complexity index is 420. The van der Waals surface area contributed by atoms with E-state index in [0.717, 1.165) is 47.3 Å². The van der Waals surface area contributed by atoms with Gasteiger partial charge in [-0.05, 0) is 66.6 Å². The topological polar surface area (TPSA) is 0 Å². The fourth-order valence-electron chi connectivity index (χ4n) is 6.32. The molecule has 0 aromatic rings. The molecule has 2 rings (SSSR count). The second-order valence-corrected chi connectivity index (χ2v) is 12.4. The van der Waals surface area contributed by atoms with Gasteiger partial charge in [0.15, 0.2) is 0 Å². The van der Waals surface area contributed by atoms with E-state index in [-0.39, 0.29) is 0 Å². The minimum Gasteiger partial charge on any atom is -0.0654 e. The summed E-state index contributed by atoms with van der Waals surface area (Å²) < 4.78 is 0. The maximum absolute atomic E-state index is 2.53. The molecule has 178 valence electrons. The molecule has 0 amide bonds. The van der Waals surface area contributed by atoms with Crippen molar-refractivity contribution in [2.24, 2.45) is 47.3 Å². The van der Waals surface area contributed by atoms with Crippen LogP contribution in [-0.4, -0.2) is 0 Å². The molecule has 2 aliphatic carbocycles. The van der Waals surface area contributed by atoms with Gasteiger partial charge in [0, 0.05) is 0 Å². The molecular formula is C30H58. The molecule has 6 unspecified atom stereocenters. The molecule has 0 aromatic heterocycles. The average Bonchev–Trinajstić information content (AvgIpc) is 3.61. The molecule has 30 heavy (non-hydrogen) atoms. The van der Waals surface area contributed by atoms with Gasteiger partial charge in [-0.1, -0.05) is 125 Å². The fourth-order valence-corrected chi connectivity index (χ4v) is 6.32. The Hall–Kier alpha value is 0. The Morgan fingerprint density at radius 1 is 0.667 bits per heavy atom. The lowest BCUT2D eigenvalue weighted by atomic mass is 9.76. The van der Waals surface area contributed by atoms with E-state index in [0.29, 0.717) is 0 Å². The molecule has 0 heteroatoms. The van der Waals surface area contributed by atoms with Gasteiger partial charge in [0.25, 0.3) is 0 Å². The minimum absolute atomic E-state index is 0.873. The molecule has 0 aromatic carbocycles. The zero-order chi connectivity index (χ0) is 21.9. The van der Waals surface area contributed by atoms with Gasteiger partial charge in [-0.25, -0.2) is 0 Å². The van der Waals surface area contributed by atoms with Crippen molar-refractivity contribution in [1.82, 2.24) is 0 Å². The van der Waals surface area contributed by atoms with Crippen molar-refractivity contribution in [3.63, 3.8) is 0 Å². The highest BCUT2D eigenvalue weighted by Crippen LogP contribution is 2.53. The lowest BCUT2D eigenvalue weighted by molar-refractivity contribution is 0.212. The van der Waals surface area contributed by atoms with Crippen LogP contribution in [0.15, 0.2) is 0 Å². The monoisotopic (exact) mass is 418 g/mol. The Kier molecular flexibility index (Phi) is 12.4. The van der Waals surface area contributed by atoms with Gasteiger partial charge in [0.1, 0.15) is 0 Å². The van der Waals surface area contributed by atoms with Crippen LogP contribution >= 0.6 is 0 Å². The highest BCUT2D eigenvalue weighted by atomic mass is 14.5. The SMILES string of the molecule is CCCC(C)CCCC1CC1C(CCC)C(CCC(C)CCC(C)C)CCC1CC1. The summed E-state index contributed by atoms with van der Waals surface area (Å²) in [4.78, 5) is 0. The van der Waals surface area contributed by atoms with Crippen molar-refractivity contribution in [1.29, 1.82) is 0 Å². The minimum atomic E-state index is 0.873. The molecule has 0 spiro atoms. The summed E-state index contributed by atoms with van der Waals surface area (Å²) in [6, 6.07) is 0. The number of hydrogen-bond acceptors (Lipinski definition) is 0. The van der Waals surface area contributed by atoms with Crippen LogP contribution in [0.5, 0.6) is 0 Å². The van der Waals surface area contributed by atoms with Gasteiger partial charge in [0.05, 0.1) is 0 Å². The van der Waals surface area contributed by atoms with E-state index in [1.807, 2.05) is 0 Å². The summed E-state index contributed by atoms with van der Waals surface area (Å²) in [5.41, 5.74) is 0. The third-order valence-electron chi connectivity index (χ3n) is 8.72. The quantitative estimate of drug-likeness (QED) is 0.196. The summed E-state index contributed by atoms with van der Waals surface area (Å²) in [6.07, 6.45) is 23.9. The van der Waals surface area contributed by atoms with Gasteiger partial charge in [-0.3, -0.25) is 0 Å². The molecule has 0 radical (unpaired) electrons. The standard InChI is InChI=1S/C30H58/c1-7-10-24(5)12-9-13-28-22-30(28)29(11-8-2)27(21-19-26-17-18-26)20-16-25(6)15-14-23(3)4/h23-30H,7-22H2,1-6H3. The van der Waals surface area contributed by atoms with Crippen molar-refractivity contribution in [3.05, 3.63) is 0 Å². The van der Waals surface area contributed by atoms with Crippen molar-refractivity contribution in [2.45, 2.75) is 144 Å². The van der Waals surface area contributed by atoms with E-state index in [2.05, 4.69) is 41.5 Å². The van der Waals surface area contributed by atoms with Crippen molar-refractivity contribution in [3.8, 4) is 0 Å². The second kappa shape index (κ2) is 14.2. The van der Waals surface area contributed by atoms with E-state index >= 15 is 0 Å². The Labute approximate surface area is 191 Å². The molecule has 2 saturated carbocycles. The second-order valence-electron chi connectivity index (χ2n) is 12.4. The van der Waals surface area contributed by atoms with E-state index in [1.165, 1.54) is 77.0 Å². The number of rotatable bonds is 19. The first-order valence-corrected chi connectivity index (χ1v) is 14.4. The third kappa shape index (κ3) is 10.5. The van der Waals surface area contributed by atoms with Crippen molar-refractivity contribution < 1.29 is 0 Å². The summed E-state index contributed by atoms with van der Waals surface area (Å²) >= 11 is 0. The average molecular weight is 419 g/mol. The third-order valence-corrected chi connectivity index (χ3v) is 8.72. The number of hydrogen-bond donors (Lipinski definition) is 0. The van der Waals surface area contributed by atoms with Gasteiger partial charge in [0.2, 0.25) is 0 Å². The van der Waals surface area contributed by atoms with Crippen LogP contribution in [0.2, 0.25) is 0 Å². The van der Waals surface area contributed by atoms with E-state index in [4.69, 9.17) is 0 Å². The first kappa shape index (κ1) is 26.3. The maximum Gasteiger partial charge on any atom is -0.0352 e. The Morgan fingerprint density at radius 2 is 1.33 bits per heavy atom. The normalized spacial score (nSPS) is 25.3.